The molecule has 1 heterocycles. The molecule has 6 nitrogen and oxygen atoms in total. The lowest BCUT2D eigenvalue weighted by Crippen LogP contribution is -2.23. The van der Waals surface area contributed by atoms with Crippen molar-refractivity contribution in [2.75, 3.05) is 0 Å². The first kappa shape index (κ1) is 14.5. The molecule has 0 aliphatic rings. The molecule has 7 heteroatoms. The number of carbonyl (C=O) groups excluding carboxylic acids is 1. The molecule has 0 fully saturated rings. The molecule has 0 saturated carbocycles. The number of hydrogen-bond donors (Lipinski definition) is 1. The van der Waals surface area contributed by atoms with Crippen LogP contribution in [0.25, 0.3) is 5.69 Å². The van der Waals surface area contributed by atoms with E-state index in [2.05, 4.69) is 29.4 Å². The van der Waals surface area contributed by atoms with Crippen LogP contribution in [-0.2, 0) is 4.79 Å². The van der Waals surface area contributed by atoms with E-state index in [-0.39, 0.29) is 11.2 Å². The molecule has 1 atom stereocenters. The topological polar surface area (TPSA) is 86.7 Å². The molecule has 0 bridgehead atoms. The second-order valence-corrected chi connectivity index (χ2v) is 6.09. The first-order valence-corrected chi connectivity index (χ1v) is 7.21. The largest absolute Gasteiger partial charge is 0.369 e. The molecular weight excluding hydrogens is 274 g/mol. The molecule has 0 spiro atoms. The Morgan fingerprint density at radius 3 is 2.45 bits per heavy atom. The highest BCUT2D eigenvalue weighted by molar-refractivity contribution is 8.00. The fraction of sp³-hybridized carbons (Fsp3) is 0.385. The molecule has 20 heavy (non-hydrogen) atoms. The van der Waals surface area contributed by atoms with Crippen molar-refractivity contribution in [3.63, 3.8) is 0 Å². The SMILES string of the molecule is CC(C)c1ccc(-n2nnnc2S[C@H](C)C(N)=O)cc1. The summed E-state index contributed by atoms with van der Waals surface area (Å²) in [6.07, 6.45) is 0. The molecule has 1 amide bonds. The lowest BCUT2D eigenvalue weighted by Gasteiger charge is -2.09. The third kappa shape index (κ3) is 3.16. The van der Waals surface area contributed by atoms with Crippen molar-refractivity contribution in [2.24, 2.45) is 5.73 Å². The quantitative estimate of drug-likeness (QED) is 0.848. The summed E-state index contributed by atoms with van der Waals surface area (Å²) in [6.45, 7) is 6.01. The van der Waals surface area contributed by atoms with Crippen LogP contribution in [0.2, 0.25) is 0 Å². The number of tetrazole rings is 1. The Hall–Kier alpha value is -1.89. The predicted octanol–water partition coefficient (Wildman–Crippen LogP) is 1.75. The van der Waals surface area contributed by atoms with Gasteiger partial charge in [0, 0.05) is 0 Å². The maximum absolute atomic E-state index is 11.1. The lowest BCUT2D eigenvalue weighted by molar-refractivity contribution is -0.117. The minimum Gasteiger partial charge on any atom is -0.369 e. The molecule has 2 rings (SSSR count). The van der Waals surface area contributed by atoms with E-state index in [4.69, 9.17) is 5.73 Å². The van der Waals surface area contributed by atoms with Crippen molar-refractivity contribution in [1.82, 2.24) is 20.2 Å². The number of nitrogens with two attached hydrogens (primary N) is 1. The van der Waals surface area contributed by atoms with Crippen molar-refractivity contribution in [2.45, 2.75) is 37.1 Å². The van der Waals surface area contributed by atoms with Gasteiger partial charge in [-0.3, -0.25) is 4.79 Å². The van der Waals surface area contributed by atoms with E-state index in [1.807, 2.05) is 24.3 Å². The molecule has 2 aromatic rings. The van der Waals surface area contributed by atoms with E-state index in [0.717, 1.165) is 5.69 Å². The fourth-order valence-corrected chi connectivity index (χ4v) is 2.39. The van der Waals surface area contributed by atoms with Crippen molar-refractivity contribution in [3.8, 4) is 5.69 Å². The number of hydrogen-bond acceptors (Lipinski definition) is 5. The standard InChI is InChI=1S/C13H17N5OS/c1-8(2)10-4-6-11(7-5-10)18-13(15-16-17-18)20-9(3)12(14)19/h4-9H,1-3H3,(H2,14,19)/t9-/m1/s1. The highest BCUT2D eigenvalue weighted by Crippen LogP contribution is 2.23. The predicted molar refractivity (Wildman–Crippen MR) is 77.8 cm³/mol. The number of primary amides is 1. The number of aromatic nitrogens is 4. The summed E-state index contributed by atoms with van der Waals surface area (Å²) in [6, 6.07) is 8.02. The minimum atomic E-state index is -0.389. The number of nitrogens with zero attached hydrogens (tertiary/aromatic N) is 4. The van der Waals surface area contributed by atoms with E-state index < -0.39 is 0 Å². The summed E-state index contributed by atoms with van der Waals surface area (Å²) in [5.41, 5.74) is 7.37. The Morgan fingerprint density at radius 2 is 1.90 bits per heavy atom. The second-order valence-electron chi connectivity index (χ2n) is 4.78. The molecule has 0 unspecified atom stereocenters. The molecule has 2 N–H and O–H groups in total. The number of rotatable bonds is 5. The second kappa shape index (κ2) is 6.04. The van der Waals surface area contributed by atoms with Crippen molar-refractivity contribution in [3.05, 3.63) is 29.8 Å². The number of benzene rings is 1. The van der Waals surface area contributed by atoms with Gasteiger partial charge >= 0.3 is 0 Å². The van der Waals surface area contributed by atoms with Crippen LogP contribution in [0.4, 0.5) is 0 Å². The van der Waals surface area contributed by atoms with E-state index in [1.165, 1.54) is 17.3 Å². The molecular formula is C13H17N5OS. The summed E-state index contributed by atoms with van der Waals surface area (Å²) >= 11 is 1.24. The summed E-state index contributed by atoms with van der Waals surface area (Å²) in [4.78, 5) is 11.1. The van der Waals surface area contributed by atoms with E-state index >= 15 is 0 Å². The van der Waals surface area contributed by atoms with Gasteiger partial charge < -0.3 is 5.73 Å². The minimum absolute atomic E-state index is 0.380. The summed E-state index contributed by atoms with van der Waals surface area (Å²) in [5.74, 6) is 0.0846. The molecule has 1 aromatic heterocycles. The first-order valence-electron chi connectivity index (χ1n) is 6.33. The smallest absolute Gasteiger partial charge is 0.230 e. The fourth-order valence-electron chi connectivity index (χ4n) is 1.63. The lowest BCUT2D eigenvalue weighted by atomic mass is 10.0. The Kier molecular flexibility index (Phi) is 4.39. The molecule has 0 saturated heterocycles. The van der Waals surface area contributed by atoms with Crippen molar-refractivity contribution >= 4 is 17.7 Å². The molecule has 106 valence electrons. The van der Waals surface area contributed by atoms with Gasteiger partial charge in [0.1, 0.15) is 0 Å². The Labute approximate surface area is 121 Å². The summed E-state index contributed by atoms with van der Waals surface area (Å²) in [7, 11) is 0. The van der Waals surface area contributed by atoms with Crippen LogP contribution in [0.3, 0.4) is 0 Å². The molecule has 0 aliphatic carbocycles. The zero-order valence-electron chi connectivity index (χ0n) is 11.6. The number of carbonyl (C=O) groups is 1. The van der Waals surface area contributed by atoms with Crippen molar-refractivity contribution < 1.29 is 4.79 Å². The third-order valence-corrected chi connectivity index (χ3v) is 3.98. The summed E-state index contributed by atoms with van der Waals surface area (Å²) in [5, 5.41) is 11.7. The molecule has 0 aliphatic heterocycles. The van der Waals surface area contributed by atoms with Gasteiger partial charge in [-0.05, 0) is 41.0 Å². The van der Waals surface area contributed by atoms with Gasteiger partial charge in [-0.1, -0.05) is 37.7 Å². The van der Waals surface area contributed by atoms with Crippen LogP contribution in [0, 0.1) is 0 Å². The van der Waals surface area contributed by atoms with Crippen LogP contribution < -0.4 is 5.73 Å². The van der Waals surface area contributed by atoms with E-state index in [9.17, 15) is 4.79 Å². The average molecular weight is 291 g/mol. The first-order chi connectivity index (χ1) is 9.49. The summed E-state index contributed by atoms with van der Waals surface area (Å²) < 4.78 is 1.61. The maximum Gasteiger partial charge on any atom is 0.230 e. The van der Waals surface area contributed by atoms with Gasteiger partial charge in [0.05, 0.1) is 10.9 Å². The van der Waals surface area contributed by atoms with Gasteiger partial charge in [-0.15, -0.1) is 5.10 Å². The molecule has 0 radical (unpaired) electrons. The maximum atomic E-state index is 11.1. The van der Waals surface area contributed by atoms with Crippen LogP contribution >= 0.6 is 11.8 Å². The van der Waals surface area contributed by atoms with Crippen LogP contribution in [0.15, 0.2) is 29.4 Å². The Bertz CT molecular complexity index is 593. The van der Waals surface area contributed by atoms with Gasteiger partial charge in [-0.2, -0.15) is 4.68 Å². The monoisotopic (exact) mass is 291 g/mol. The Morgan fingerprint density at radius 1 is 1.25 bits per heavy atom. The number of thioether (sulfide) groups is 1. The van der Waals surface area contributed by atoms with Crippen LogP contribution in [0.1, 0.15) is 32.3 Å². The van der Waals surface area contributed by atoms with Gasteiger partial charge in [-0.25, -0.2) is 0 Å². The average Bonchev–Trinajstić information content (AvgIpc) is 2.86. The normalized spacial score (nSPS) is 12.6. The number of amides is 1. The van der Waals surface area contributed by atoms with E-state index in [1.54, 1.807) is 11.6 Å². The van der Waals surface area contributed by atoms with Gasteiger partial charge in [0.25, 0.3) is 0 Å². The van der Waals surface area contributed by atoms with Crippen molar-refractivity contribution in [1.29, 1.82) is 0 Å². The Balaban J connectivity index is 2.25. The zero-order chi connectivity index (χ0) is 14.7. The van der Waals surface area contributed by atoms with E-state index in [0.29, 0.717) is 11.1 Å². The van der Waals surface area contributed by atoms with Gasteiger partial charge in [0.2, 0.25) is 11.1 Å². The molecule has 1 aromatic carbocycles. The zero-order valence-corrected chi connectivity index (χ0v) is 12.5. The van der Waals surface area contributed by atoms with Crippen LogP contribution in [-0.4, -0.2) is 31.4 Å². The third-order valence-electron chi connectivity index (χ3n) is 2.93. The highest BCUT2D eigenvalue weighted by Gasteiger charge is 2.16. The van der Waals surface area contributed by atoms with Crippen LogP contribution in [0.5, 0.6) is 0 Å². The van der Waals surface area contributed by atoms with Gasteiger partial charge in [0.15, 0.2) is 0 Å². The highest BCUT2D eigenvalue weighted by atomic mass is 32.2.